The smallest absolute Gasteiger partial charge is 0.271 e. The zero-order chi connectivity index (χ0) is 22.2. The molecule has 0 aliphatic heterocycles. The van der Waals surface area contributed by atoms with Crippen LogP contribution in [0.15, 0.2) is 76.3 Å². The van der Waals surface area contributed by atoms with Crippen LogP contribution in [0.5, 0.6) is 11.5 Å². The Bertz CT molecular complexity index is 1100. The van der Waals surface area contributed by atoms with E-state index in [0.29, 0.717) is 28.3 Å². The van der Waals surface area contributed by atoms with E-state index in [-0.39, 0.29) is 11.8 Å². The number of halogens is 1. The number of ether oxygens (including phenoxy) is 2. The van der Waals surface area contributed by atoms with Crippen molar-refractivity contribution in [3.63, 3.8) is 0 Å². The lowest BCUT2D eigenvalue weighted by Gasteiger charge is -2.07. The largest absolute Gasteiger partial charge is 0.493 e. The molecule has 0 aliphatic carbocycles. The Balaban J connectivity index is 1.58. The van der Waals surface area contributed by atoms with Gasteiger partial charge >= 0.3 is 0 Å². The molecule has 0 heterocycles. The quantitative estimate of drug-likeness (QED) is 0.384. The normalized spacial score (nSPS) is 10.5. The predicted octanol–water partition coefficient (Wildman–Crippen LogP) is 4.48. The van der Waals surface area contributed by atoms with Crippen molar-refractivity contribution in [2.75, 3.05) is 19.5 Å². The van der Waals surface area contributed by atoms with Crippen LogP contribution in [0.3, 0.4) is 0 Å². The van der Waals surface area contributed by atoms with E-state index in [2.05, 4.69) is 31.8 Å². The van der Waals surface area contributed by atoms with Gasteiger partial charge < -0.3 is 14.8 Å². The lowest BCUT2D eigenvalue weighted by atomic mass is 10.1. The fraction of sp³-hybridized carbons (Fsp3) is 0.0870. The summed E-state index contributed by atoms with van der Waals surface area (Å²) in [5.74, 6) is 0.571. The Kier molecular flexibility index (Phi) is 7.40. The van der Waals surface area contributed by atoms with Crippen LogP contribution in [0, 0.1) is 0 Å². The number of benzene rings is 3. The number of nitrogens with one attached hydrogen (secondary N) is 2. The summed E-state index contributed by atoms with van der Waals surface area (Å²) < 4.78 is 11.3. The average molecular weight is 482 g/mol. The molecule has 2 N–H and O–H groups in total. The highest BCUT2D eigenvalue weighted by Gasteiger charge is 2.08. The number of carbonyl (C=O) groups is 2. The van der Waals surface area contributed by atoms with Gasteiger partial charge in [-0.3, -0.25) is 9.59 Å². The highest BCUT2D eigenvalue weighted by molar-refractivity contribution is 9.10. The first-order valence-corrected chi connectivity index (χ1v) is 10.0. The third-order valence-electron chi connectivity index (χ3n) is 4.30. The van der Waals surface area contributed by atoms with Crippen molar-refractivity contribution in [1.29, 1.82) is 0 Å². The van der Waals surface area contributed by atoms with Crippen LogP contribution in [-0.4, -0.2) is 32.2 Å². The van der Waals surface area contributed by atoms with E-state index in [0.717, 1.165) is 10.0 Å². The molecule has 0 aliphatic rings. The van der Waals surface area contributed by atoms with Crippen LogP contribution in [0.4, 0.5) is 5.69 Å². The summed E-state index contributed by atoms with van der Waals surface area (Å²) in [5, 5.41) is 6.76. The zero-order valence-corrected chi connectivity index (χ0v) is 18.5. The standard InChI is InChI=1S/C23H20BrN3O4/c1-30-20-12-3-15(13-21(20)31-2)14-25-27-23(29)17-6-10-19(11-7-17)26-22(28)16-4-8-18(24)9-5-16/h3-14H,1-2H3,(H,26,28)(H,27,29)/b25-14-. The van der Waals surface area contributed by atoms with Crippen LogP contribution in [0.2, 0.25) is 0 Å². The van der Waals surface area contributed by atoms with Crippen LogP contribution in [0.1, 0.15) is 26.3 Å². The third-order valence-corrected chi connectivity index (χ3v) is 4.83. The van der Waals surface area contributed by atoms with Crippen LogP contribution in [-0.2, 0) is 0 Å². The van der Waals surface area contributed by atoms with Gasteiger partial charge in [-0.25, -0.2) is 5.43 Å². The predicted molar refractivity (Wildman–Crippen MR) is 123 cm³/mol. The van der Waals surface area contributed by atoms with E-state index < -0.39 is 0 Å². The molecule has 3 aromatic rings. The van der Waals surface area contributed by atoms with E-state index in [4.69, 9.17) is 9.47 Å². The Morgan fingerprint density at radius 1 is 0.839 bits per heavy atom. The summed E-state index contributed by atoms with van der Waals surface area (Å²) in [5.41, 5.74) is 4.74. The van der Waals surface area contributed by atoms with Gasteiger partial charge in [0.25, 0.3) is 11.8 Å². The van der Waals surface area contributed by atoms with Gasteiger partial charge in [0.2, 0.25) is 0 Å². The Labute approximate surface area is 188 Å². The van der Waals surface area contributed by atoms with E-state index in [1.165, 1.54) is 6.21 Å². The first-order valence-electron chi connectivity index (χ1n) is 9.22. The van der Waals surface area contributed by atoms with Gasteiger partial charge in [0.15, 0.2) is 11.5 Å². The van der Waals surface area contributed by atoms with Crippen molar-refractivity contribution >= 4 is 39.6 Å². The molecule has 8 heteroatoms. The highest BCUT2D eigenvalue weighted by Crippen LogP contribution is 2.26. The summed E-state index contributed by atoms with van der Waals surface area (Å²) in [6, 6.07) is 18.9. The van der Waals surface area contributed by atoms with Crippen molar-refractivity contribution in [3.8, 4) is 11.5 Å². The molecule has 0 atom stereocenters. The topological polar surface area (TPSA) is 89.0 Å². The molecular formula is C23H20BrN3O4. The molecule has 3 rings (SSSR count). The third kappa shape index (κ3) is 5.93. The molecule has 158 valence electrons. The fourth-order valence-corrected chi connectivity index (χ4v) is 2.94. The Hall–Kier alpha value is -3.65. The SMILES string of the molecule is COc1ccc(/C=N\NC(=O)c2ccc(NC(=O)c3ccc(Br)cc3)cc2)cc1OC. The number of nitrogens with zero attached hydrogens (tertiary/aromatic N) is 1. The molecule has 0 fully saturated rings. The summed E-state index contributed by atoms with van der Waals surface area (Å²) in [6.07, 6.45) is 1.51. The number of rotatable bonds is 7. The number of anilines is 1. The Morgan fingerprint density at radius 2 is 1.45 bits per heavy atom. The second kappa shape index (κ2) is 10.4. The average Bonchev–Trinajstić information content (AvgIpc) is 2.79. The number of hydrazone groups is 1. The number of hydrogen-bond acceptors (Lipinski definition) is 5. The summed E-state index contributed by atoms with van der Waals surface area (Å²) >= 11 is 3.34. The van der Waals surface area contributed by atoms with Crippen LogP contribution < -0.4 is 20.2 Å². The van der Waals surface area contributed by atoms with Crippen molar-refractivity contribution in [2.45, 2.75) is 0 Å². The van der Waals surface area contributed by atoms with E-state index in [1.54, 1.807) is 80.9 Å². The minimum atomic E-state index is -0.373. The highest BCUT2D eigenvalue weighted by atomic mass is 79.9. The van der Waals surface area contributed by atoms with Crippen molar-refractivity contribution in [2.24, 2.45) is 5.10 Å². The maximum absolute atomic E-state index is 12.3. The van der Waals surface area contributed by atoms with Gasteiger partial charge in [-0.15, -0.1) is 0 Å². The molecule has 31 heavy (non-hydrogen) atoms. The molecule has 0 radical (unpaired) electrons. The van der Waals surface area contributed by atoms with Gasteiger partial charge in [0.1, 0.15) is 0 Å². The summed E-state index contributed by atoms with van der Waals surface area (Å²) in [6.45, 7) is 0. The maximum atomic E-state index is 12.3. The molecule has 0 aromatic heterocycles. The maximum Gasteiger partial charge on any atom is 0.271 e. The lowest BCUT2D eigenvalue weighted by molar-refractivity contribution is 0.0954. The van der Waals surface area contributed by atoms with Gasteiger partial charge in [0, 0.05) is 21.3 Å². The second-order valence-electron chi connectivity index (χ2n) is 6.35. The molecule has 0 saturated carbocycles. The molecular weight excluding hydrogens is 462 g/mol. The van der Waals surface area contributed by atoms with Gasteiger partial charge in [-0.2, -0.15) is 5.10 Å². The molecule has 0 saturated heterocycles. The van der Waals surface area contributed by atoms with Crippen LogP contribution >= 0.6 is 15.9 Å². The van der Waals surface area contributed by atoms with Crippen molar-refractivity contribution < 1.29 is 19.1 Å². The number of hydrogen-bond donors (Lipinski definition) is 2. The zero-order valence-electron chi connectivity index (χ0n) is 16.9. The van der Waals surface area contributed by atoms with E-state index in [9.17, 15) is 9.59 Å². The fourth-order valence-electron chi connectivity index (χ4n) is 2.67. The van der Waals surface area contributed by atoms with Gasteiger partial charge in [-0.05, 0) is 72.3 Å². The van der Waals surface area contributed by atoms with Crippen LogP contribution in [0.25, 0.3) is 0 Å². The lowest BCUT2D eigenvalue weighted by Crippen LogP contribution is -2.17. The number of carbonyl (C=O) groups excluding carboxylic acids is 2. The first-order chi connectivity index (χ1) is 15.0. The molecule has 0 spiro atoms. The Morgan fingerprint density at radius 3 is 2.10 bits per heavy atom. The second-order valence-corrected chi connectivity index (χ2v) is 7.27. The molecule has 0 bridgehead atoms. The summed E-state index contributed by atoms with van der Waals surface area (Å²) in [7, 11) is 3.11. The van der Waals surface area contributed by atoms with Gasteiger partial charge in [-0.1, -0.05) is 15.9 Å². The molecule has 3 aromatic carbocycles. The van der Waals surface area contributed by atoms with E-state index in [1.807, 2.05) is 0 Å². The molecule has 2 amide bonds. The minimum Gasteiger partial charge on any atom is -0.493 e. The monoisotopic (exact) mass is 481 g/mol. The first kappa shape index (κ1) is 22.0. The van der Waals surface area contributed by atoms with Gasteiger partial charge in [0.05, 0.1) is 20.4 Å². The molecule has 0 unspecified atom stereocenters. The minimum absolute atomic E-state index is 0.232. The van der Waals surface area contributed by atoms with E-state index >= 15 is 0 Å². The molecule has 7 nitrogen and oxygen atoms in total. The number of methoxy groups -OCH3 is 2. The number of amides is 2. The van der Waals surface area contributed by atoms with Crippen molar-refractivity contribution in [3.05, 3.63) is 87.9 Å². The van der Waals surface area contributed by atoms with Crippen molar-refractivity contribution in [1.82, 2.24) is 5.43 Å². The summed E-state index contributed by atoms with van der Waals surface area (Å²) in [4.78, 5) is 24.5.